The Hall–Kier alpha value is -3.52. The van der Waals surface area contributed by atoms with Crippen LogP contribution in [0.5, 0.6) is 17.2 Å². The molecular formula is C24H26N2O5S. The van der Waals surface area contributed by atoms with Crippen LogP contribution in [0.1, 0.15) is 13.8 Å². The lowest BCUT2D eigenvalue weighted by molar-refractivity contribution is -0.114. The largest absolute Gasteiger partial charge is 0.491 e. The molecule has 0 aliphatic carbocycles. The number of nitrogens with one attached hydrogen (secondary N) is 1. The molecule has 3 aromatic rings. The van der Waals surface area contributed by atoms with Crippen LogP contribution in [-0.2, 0) is 14.8 Å². The molecule has 0 aliphatic heterocycles. The molecule has 0 fully saturated rings. The first-order valence-electron chi connectivity index (χ1n) is 10.1. The van der Waals surface area contributed by atoms with Crippen LogP contribution in [-0.4, -0.2) is 33.2 Å². The van der Waals surface area contributed by atoms with Crippen LogP contribution in [0.2, 0.25) is 0 Å². The van der Waals surface area contributed by atoms with Crippen LogP contribution in [0, 0.1) is 0 Å². The van der Waals surface area contributed by atoms with Gasteiger partial charge in [0, 0.05) is 5.69 Å². The van der Waals surface area contributed by atoms with E-state index in [-0.39, 0.29) is 12.6 Å². The Kier molecular flexibility index (Phi) is 7.37. The number of anilines is 2. The Bertz CT molecular complexity index is 1130. The summed E-state index contributed by atoms with van der Waals surface area (Å²) in [5, 5.41) is 2.72. The Morgan fingerprint density at radius 2 is 1.44 bits per heavy atom. The standard InChI is InChI=1S/C24H26N2O5S/c1-18(2)30-22-15-11-20(12-16-22)26(32(3,28)29)17-24(27)25-19-9-13-23(14-10-19)31-21-7-5-4-6-8-21/h4-16,18H,17H2,1-3H3,(H,25,27). The van der Waals surface area contributed by atoms with Crippen molar-refractivity contribution in [3.63, 3.8) is 0 Å². The van der Waals surface area contributed by atoms with E-state index in [1.807, 2.05) is 44.2 Å². The number of benzene rings is 3. The second kappa shape index (κ2) is 10.2. The first kappa shape index (κ1) is 23.1. The molecule has 1 amide bonds. The third-order valence-corrected chi connectivity index (χ3v) is 5.44. The third-order valence-electron chi connectivity index (χ3n) is 4.30. The normalized spacial score (nSPS) is 11.1. The van der Waals surface area contributed by atoms with Gasteiger partial charge in [-0.15, -0.1) is 0 Å². The van der Waals surface area contributed by atoms with E-state index in [0.717, 1.165) is 10.6 Å². The predicted octanol–water partition coefficient (Wildman–Crippen LogP) is 4.67. The fourth-order valence-electron chi connectivity index (χ4n) is 2.93. The zero-order chi connectivity index (χ0) is 23.1. The number of ether oxygens (including phenoxy) is 2. The van der Waals surface area contributed by atoms with Gasteiger partial charge < -0.3 is 14.8 Å². The summed E-state index contributed by atoms with van der Waals surface area (Å²) in [6.07, 6.45) is 1.07. The zero-order valence-electron chi connectivity index (χ0n) is 18.2. The summed E-state index contributed by atoms with van der Waals surface area (Å²) >= 11 is 0. The van der Waals surface area contributed by atoms with E-state index in [1.54, 1.807) is 48.5 Å². The van der Waals surface area contributed by atoms with Crippen molar-refractivity contribution >= 4 is 27.3 Å². The maximum Gasteiger partial charge on any atom is 0.245 e. The predicted molar refractivity (Wildman–Crippen MR) is 126 cm³/mol. The van der Waals surface area contributed by atoms with Gasteiger partial charge in [-0.3, -0.25) is 9.10 Å². The molecule has 0 bridgehead atoms. The Balaban J connectivity index is 1.65. The highest BCUT2D eigenvalue weighted by Gasteiger charge is 2.21. The first-order valence-corrected chi connectivity index (χ1v) is 11.9. The Labute approximate surface area is 188 Å². The molecule has 7 nitrogen and oxygen atoms in total. The summed E-state index contributed by atoms with van der Waals surface area (Å²) in [6.45, 7) is 3.45. The summed E-state index contributed by atoms with van der Waals surface area (Å²) in [5.41, 5.74) is 0.912. The molecule has 0 spiro atoms. The van der Waals surface area contributed by atoms with Crippen molar-refractivity contribution in [2.45, 2.75) is 20.0 Å². The number of amides is 1. The lowest BCUT2D eigenvalue weighted by Crippen LogP contribution is -2.37. The van der Waals surface area contributed by atoms with Crippen LogP contribution in [0.3, 0.4) is 0 Å². The van der Waals surface area contributed by atoms with Gasteiger partial charge in [0.15, 0.2) is 0 Å². The summed E-state index contributed by atoms with van der Waals surface area (Å²) in [6, 6.07) is 22.8. The van der Waals surface area contributed by atoms with Crippen LogP contribution < -0.4 is 19.1 Å². The average Bonchev–Trinajstić information content (AvgIpc) is 2.74. The van der Waals surface area contributed by atoms with Crippen molar-refractivity contribution in [1.29, 1.82) is 0 Å². The minimum Gasteiger partial charge on any atom is -0.491 e. The summed E-state index contributed by atoms with van der Waals surface area (Å²) < 4.78 is 37.0. The highest BCUT2D eigenvalue weighted by Crippen LogP contribution is 2.24. The molecule has 8 heteroatoms. The van der Waals surface area contributed by atoms with Crippen LogP contribution in [0.25, 0.3) is 0 Å². The zero-order valence-corrected chi connectivity index (χ0v) is 19.0. The van der Waals surface area contributed by atoms with Gasteiger partial charge in [-0.1, -0.05) is 18.2 Å². The van der Waals surface area contributed by atoms with E-state index in [2.05, 4.69) is 5.32 Å². The molecular weight excluding hydrogens is 428 g/mol. The van der Waals surface area contributed by atoms with Gasteiger partial charge in [0.25, 0.3) is 0 Å². The lowest BCUT2D eigenvalue weighted by atomic mass is 10.3. The second-order valence-corrected chi connectivity index (χ2v) is 9.32. The number of rotatable bonds is 9. The highest BCUT2D eigenvalue weighted by atomic mass is 32.2. The molecule has 0 aromatic heterocycles. The van der Waals surface area contributed by atoms with E-state index in [0.29, 0.717) is 28.6 Å². The molecule has 3 aromatic carbocycles. The van der Waals surface area contributed by atoms with Crippen molar-refractivity contribution in [3.8, 4) is 17.2 Å². The molecule has 3 rings (SSSR count). The van der Waals surface area contributed by atoms with Crippen molar-refractivity contribution < 1.29 is 22.7 Å². The summed E-state index contributed by atoms with van der Waals surface area (Å²) in [5.74, 6) is 1.49. The van der Waals surface area contributed by atoms with Gasteiger partial charge in [-0.2, -0.15) is 0 Å². The Morgan fingerprint density at radius 1 is 0.875 bits per heavy atom. The van der Waals surface area contributed by atoms with Crippen molar-refractivity contribution in [2.24, 2.45) is 0 Å². The van der Waals surface area contributed by atoms with E-state index in [9.17, 15) is 13.2 Å². The fourth-order valence-corrected chi connectivity index (χ4v) is 3.78. The van der Waals surface area contributed by atoms with Crippen LogP contribution >= 0.6 is 0 Å². The van der Waals surface area contributed by atoms with Crippen LogP contribution in [0.4, 0.5) is 11.4 Å². The van der Waals surface area contributed by atoms with Gasteiger partial charge in [-0.05, 0) is 74.5 Å². The number of hydrogen-bond acceptors (Lipinski definition) is 5. The topological polar surface area (TPSA) is 84.9 Å². The molecule has 0 radical (unpaired) electrons. The van der Waals surface area contributed by atoms with Gasteiger partial charge >= 0.3 is 0 Å². The second-order valence-electron chi connectivity index (χ2n) is 7.42. The lowest BCUT2D eigenvalue weighted by Gasteiger charge is -2.22. The molecule has 168 valence electrons. The highest BCUT2D eigenvalue weighted by molar-refractivity contribution is 7.92. The van der Waals surface area contributed by atoms with Crippen molar-refractivity contribution in [1.82, 2.24) is 0 Å². The fraction of sp³-hybridized carbons (Fsp3) is 0.208. The number of carbonyl (C=O) groups is 1. The quantitative estimate of drug-likeness (QED) is 0.508. The minimum absolute atomic E-state index is 0.00196. The number of carbonyl (C=O) groups excluding carboxylic acids is 1. The van der Waals surface area contributed by atoms with E-state index in [1.165, 1.54) is 0 Å². The van der Waals surface area contributed by atoms with Crippen molar-refractivity contribution in [3.05, 3.63) is 78.9 Å². The summed E-state index contributed by atoms with van der Waals surface area (Å²) in [7, 11) is -3.67. The van der Waals surface area contributed by atoms with Crippen LogP contribution in [0.15, 0.2) is 78.9 Å². The molecule has 0 heterocycles. The van der Waals surface area contributed by atoms with E-state index >= 15 is 0 Å². The molecule has 32 heavy (non-hydrogen) atoms. The average molecular weight is 455 g/mol. The molecule has 1 N–H and O–H groups in total. The molecule has 0 atom stereocenters. The van der Waals surface area contributed by atoms with Gasteiger partial charge in [0.05, 0.1) is 18.0 Å². The molecule has 0 unspecified atom stereocenters. The minimum atomic E-state index is -3.67. The molecule has 0 saturated carbocycles. The monoisotopic (exact) mass is 454 g/mol. The van der Waals surface area contributed by atoms with Crippen molar-refractivity contribution in [2.75, 3.05) is 22.4 Å². The van der Waals surface area contributed by atoms with E-state index < -0.39 is 15.9 Å². The SMILES string of the molecule is CC(C)Oc1ccc(N(CC(=O)Nc2ccc(Oc3ccccc3)cc2)S(C)(=O)=O)cc1. The maximum atomic E-state index is 12.6. The van der Waals surface area contributed by atoms with E-state index in [4.69, 9.17) is 9.47 Å². The Morgan fingerprint density at radius 3 is 2.00 bits per heavy atom. The number of para-hydroxylation sites is 1. The molecule has 0 aliphatic rings. The maximum absolute atomic E-state index is 12.6. The number of nitrogens with zero attached hydrogens (tertiary/aromatic N) is 1. The smallest absolute Gasteiger partial charge is 0.245 e. The number of hydrogen-bond donors (Lipinski definition) is 1. The third kappa shape index (κ3) is 6.75. The molecule has 0 saturated heterocycles. The summed E-state index contributed by atoms with van der Waals surface area (Å²) in [4.78, 5) is 12.6. The first-order chi connectivity index (χ1) is 15.2. The van der Waals surface area contributed by atoms with Gasteiger partial charge in [0.1, 0.15) is 23.8 Å². The number of sulfonamides is 1. The van der Waals surface area contributed by atoms with Gasteiger partial charge in [-0.25, -0.2) is 8.42 Å². The van der Waals surface area contributed by atoms with Gasteiger partial charge in [0.2, 0.25) is 15.9 Å².